The Morgan fingerprint density at radius 2 is 1.89 bits per heavy atom. The zero-order valence-electron chi connectivity index (χ0n) is 15.5. The molecule has 3 rings (SSSR count). The normalized spacial score (nSPS) is 11.5. The molecule has 3 aromatic rings. The third kappa shape index (κ3) is 4.68. The summed E-state index contributed by atoms with van der Waals surface area (Å²) < 4.78 is 7.06. The average molecular weight is 412 g/mol. The van der Waals surface area contributed by atoms with E-state index in [-0.39, 0.29) is 5.76 Å². The molecule has 28 heavy (non-hydrogen) atoms. The van der Waals surface area contributed by atoms with Gasteiger partial charge >= 0.3 is 0 Å². The Hall–Kier alpha value is -2.89. The van der Waals surface area contributed by atoms with Crippen LogP contribution in [0.1, 0.15) is 11.1 Å². The van der Waals surface area contributed by atoms with Crippen LogP contribution in [-0.4, -0.2) is 17.2 Å². The van der Waals surface area contributed by atoms with E-state index in [1.54, 1.807) is 35.9 Å². The Balaban J connectivity index is 2.08. The number of nitrogens with one attached hydrogen (secondary N) is 1. The Bertz CT molecular complexity index is 1050. The molecule has 0 aliphatic carbocycles. The number of nitrogens with zero attached hydrogens (tertiary/aromatic N) is 1. The zero-order valence-corrected chi connectivity index (χ0v) is 17.1. The van der Waals surface area contributed by atoms with E-state index in [9.17, 15) is 5.11 Å². The van der Waals surface area contributed by atoms with E-state index in [0.717, 1.165) is 11.3 Å². The molecule has 0 aliphatic rings. The fraction of sp³-hybridized carbons (Fsp3) is 0.0909. The SMILES string of the molecule is COc1cccc(NC(=S)/C(=C(\O)c2cccc(Cl)c2)[n+]2cccc(C)c2)c1. The molecule has 2 aromatic carbocycles. The first-order valence-corrected chi connectivity index (χ1v) is 9.39. The van der Waals surface area contributed by atoms with Gasteiger partial charge in [0.15, 0.2) is 23.1 Å². The van der Waals surface area contributed by atoms with Crippen LogP contribution in [0.5, 0.6) is 5.75 Å². The molecule has 0 spiro atoms. The number of hydrogen-bond donors (Lipinski definition) is 2. The lowest BCUT2D eigenvalue weighted by molar-refractivity contribution is -0.576. The third-order valence-electron chi connectivity index (χ3n) is 4.07. The molecule has 6 heteroatoms. The molecule has 4 nitrogen and oxygen atoms in total. The van der Waals surface area contributed by atoms with Crippen molar-refractivity contribution in [1.29, 1.82) is 0 Å². The van der Waals surface area contributed by atoms with Crippen LogP contribution >= 0.6 is 23.8 Å². The van der Waals surface area contributed by atoms with E-state index >= 15 is 0 Å². The molecule has 2 N–H and O–H groups in total. The van der Waals surface area contributed by atoms with Crippen LogP contribution in [0.25, 0.3) is 11.5 Å². The molecule has 0 aliphatic heterocycles. The minimum atomic E-state index is 0.0264. The van der Waals surface area contributed by atoms with Gasteiger partial charge in [0.2, 0.25) is 0 Å². The number of pyridine rings is 1. The summed E-state index contributed by atoms with van der Waals surface area (Å²) in [6.45, 7) is 1.98. The maximum Gasteiger partial charge on any atom is 0.288 e. The monoisotopic (exact) mass is 411 g/mol. The topological polar surface area (TPSA) is 45.4 Å². The summed E-state index contributed by atoms with van der Waals surface area (Å²) in [6.07, 6.45) is 3.73. The summed E-state index contributed by atoms with van der Waals surface area (Å²) in [4.78, 5) is 0.362. The molecule has 0 saturated heterocycles. The largest absolute Gasteiger partial charge is 0.502 e. The fourth-order valence-corrected chi connectivity index (χ4v) is 3.25. The molecule has 0 unspecified atom stereocenters. The maximum absolute atomic E-state index is 11.0. The highest BCUT2D eigenvalue weighted by Gasteiger charge is 2.24. The van der Waals surface area contributed by atoms with E-state index in [0.29, 0.717) is 27.0 Å². The molecule has 0 fully saturated rings. The minimum Gasteiger partial charge on any atom is -0.502 e. The highest BCUT2D eigenvalue weighted by atomic mass is 35.5. The van der Waals surface area contributed by atoms with Gasteiger partial charge in [0.25, 0.3) is 5.70 Å². The van der Waals surface area contributed by atoms with Crippen LogP contribution in [0.4, 0.5) is 5.69 Å². The van der Waals surface area contributed by atoms with Crippen LogP contribution < -0.4 is 14.6 Å². The number of benzene rings is 2. The molecular weight excluding hydrogens is 392 g/mol. The number of aliphatic hydroxyl groups is 1. The van der Waals surface area contributed by atoms with E-state index < -0.39 is 0 Å². The Morgan fingerprint density at radius 3 is 2.61 bits per heavy atom. The summed E-state index contributed by atoms with van der Waals surface area (Å²) in [5.41, 5.74) is 2.81. The smallest absolute Gasteiger partial charge is 0.288 e. The molecule has 1 aromatic heterocycles. The summed E-state index contributed by atoms with van der Waals surface area (Å²) in [5.74, 6) is 0.735. The number of ether oxygens (including phenoxy) is 1. The Kier molecular flexibility index (Phi) is 6.29. The van der Waals surface area contributed by atoms with Gasteiger partial charge in [-0.3, -0.25) is 0 Å². The second-order valence-electron chi connectivity index (χ2n) is 6.18. The second-order valence-corrected chi connectivity index (χ2v) is 7.03. The summed E-state index contributed by atoms with van der Waals surface area (Å²) in [6, 6.07) is 18.3. The summed E-state index contributed by atoms with van der Waals surface area (Å²) in [5, 5.41) is 14.8. The number of thiocarbonyl (C=S) groups is 1. The van der Waals surface area contributed by atoms with E-state index in [4.69, 9.17) is 28.6 Å². The number of halogens is 1. The second kappa shape index (κ2) is 8.87. The lowest BCUT2D eigenvalue weighted by Crippen LogP contribution is -2.38. The van der Waals surface area contributed by atoms with Gasteiger partial charge in [-0.05, 0) is 37.3 Å². The number of hydrogen-bond acceptors (Lipinski definition) is 3. The number of aromatic nitrogens is 1. The summed E-state index contributed by atoms with van der Waals surface area (Å²) in [7, 11) is 1.61. The van der Waals surface area contributed by atoms with Crippen LogP contribution in [0.3, 0.4) is 0 Å². The number of aliphatic hydroxyl groups excluding tert-OH is 1. The van der Waals surface area contributed by atoms with Gasteiger partial charge in [0, 0.05) is 34.0 Å². The maximum atomic E-state index is 11.0. The van der Waals surface area contributed by atoms with Crippen molar-refractivity contribution in [2.45, 2.75) is 6.92 Å². The van der Waals surface area contributed by atoms with Crippen LogP contribution in [0.15, 0.2) is 73.1 Å². The van der Waals surface area contributed by atoms with Crippen LogP contribution in [0, 0.1) is 6.92 Å². The molecule has 0 radical (unpaired) electrons. The number of methoxy groups -OCH3 is 1. The number of anilines is 1. The van der Waals surface area contributed by atoms with Crippen molar-refractivity contribution < 1.29 is 14.4 Å². The van der Waals surface area contributed by atoms with Gasteiger partial charge in [-0.1, -0.05) is 42.0 Å². The molecule has 0 amide bonds. The molecule has 0 saturated carbocycles. The molecule has 1 heterocycles. The van der Waals surface area contributed by atoms with Crippen molar-refractivity contribution in [3.8, 4) is 5.75 Å². The quantitative estimate of drug-likeness (QED) is 0.260. The van der Waals surface area contributed by atoms with Crippen molar-refractivity contribution in [1.82, 2.24) is 0 Å². The molecule has 0 atom stereocenters. The Morgan fingerprint density at radius 1 is 1.11 bits per heavy atom. The van der Waals surface area contributed by atoms with Crippen LogP contribution in [0.2, 0.25) is 5.02 Å². The van der Waals surface area contributed by atoms with Crippen molar-refractivity contribution in [3.05, 3.63) is 89.2 Å². The fourth-order valence-electron chi connectivity index (χ4n) is 2.74. The highest BCUT2D eigenvalue weighted by Crippen LogP contribution is 2.23. The predicted octanol–water partition coefficient (Wildman–Crippen LogP) is 5.27. The van der Waals surface area contributed by atoms with Gasteiger partial charge in [0.1, 0.15) is 5.75 Å². The molecule has 142 valence electrons. The average Bonchev–Trinajstić information content (AvgIpc) is 2.68. The van der Waals surface area contributed by atoms with Gasteiger partial charge in [-0.2, -0.15) is 4.57 Å². The lowest BCUT2D eigenvalue weighted by atomic mass is 10.1. The van der Waals surface area contributed by atoms with Crippen molar-refractivity contribution in [2.24, 2.45) is 0 Å². The summed E-state index contributed by atoms with van der Waals surface area (Å²) >= 11 is 11.8. The zero-order chi connectivity index (χ0) is 20.1. The van der Waals surface area contributed by atoms with Gasteiger partial charge in [-0.15, -0.1) is 0 Å². The minimum absolute atomic E-state index is 0.0264. The van der Waals surface area contributed by atoms with Gasteiger partial charge < -0.3 is 15.2 Å². The standard InChI is InChI=1S/C22H19ClN2O2S/c1-15-6-5-11-25(14-15)20(21(26)16-7-3-8-17(23)12-16)22(28)24-18-9-4-10-19(13-18)27-2/h3-14H,1-2H3,(H-,24,26,28)/p+1. The first-order chi connectivity index (χ1) is 13.5. The van der Waals surface area contributed by atoms with E-state index in [2.05, 4.69) is 5.32 Å². The highest BCUT2D eigenvalue weighted by molar-refractivity contribution is 7.81. The van der Waals surface area contributed by atoms with Crippen LogP contribution in [-0.2, 0) is 0 Å². The number of aryl methyl sites for hydroxylation is 1. The van der Waals surface area contributed by atoms with E-state index in [1.165, 1.54) is 0 Å². The first kappa shape index (κ1) is 19.9. The van der Waals surface area contributed by atoms with Crippen molar-refractivity contribution in [2.75, 3.05) is 12.4 Å². The lowest BCUT2D eigenvalue weighted by Gasteiger charge is -2.11. The third-order valence-corrected chi connectivity index (χ3v) is 4.60. The predicted molar refractivity (Wildman–Crippen MR) is 118 cm³/mol. The van der Waals surface area contributed by atoms with Gasteiger partial charge in [-0.25, -0.2) is 0 Å². The molecule has 0 bridgehead atoms. The van der Waals surface area contributed by atoms with Crippen molar-refractivity contribution >= 4 is 46.0 Å². The first-order valence-electron chi connectivity index (χ1n) is 8.61. The molecular formula is C22H20ClN2O2S+. The van der Waals surface area contributed by atoms with E-state index in [1.807, 2.05) is 55.7 Å². The van der Waals surface area contributed by atoms with Gasteiger partial charge in [0.05, 0.1) is 7.11 Å². The number of rotatable bonds is 5. The Labute approximate surface area is 174 Å². The van der Waals surface area contributed by atoms with Crippen molar-refractivity contribution in [3.63, 3.8) is 0 Å².